The fourth-order valence-corrected chi connectivity index (χ4v) is 2.10. The molecule has 0 saturated heterocycles. The fourth-order valence-electron chi connectivity index (χ4n) is 2.10. The molecular formula is C15H17NO3. The molecule has 0 spiro atoms. The summed E-state index contributed by atoms with van der Waals surface area (Å²) >= 11 is 0. The Kier molecular flexibility index (Phi) is 3.58. The van der Waals surface area contributed by atoms with Crippen LogP contribution in [0.3, 0.4) is 0 Å². The molecule has 1 aliphatic heterocycles. The molecule has 1 aromatic heterocycles. The summed E-state index contributed by atoms with van der Waals surface area (Å²) in [6, 6.07) is 9.87. The normalized spacial score (nSPS) is 13.3. The van der Waals surface area contributed by atoms with Crippen LogP contribution in [-0.4, -0.2) is 19.8 Å². The van der Waals surface area contributed by atoms with E-state index in [1.165, 1.54) is 0 Å². The highest BCUT2D eigenvalue weighted by Crippen LogP contribution is 2.32. The second-order valence-electron chi connectivity index (χ2n) is 4.47. The topological polar surface area (TPSA) is 43.6 Å². The molecule has 0 bridgehead atoms. The van der Waals surface area contributed by atoms with Gasteiger partial charge in [-0.25, -0.2) is 0 Å². The predicted octanol–water partition coefficient (Wildman–Crippen LogP) is 3.10. The Labute approximate surface area is 112 Å². The summed E-state index contributed by atoms with van der Waals surface area (Å²) in [7, 11) is 0. The summed E-state index contributed by atoms with van der Waals surface area (Å²) in [5.41, 5.74) is 1.06. The number of ether oxygens (including phenoxy) is 2. The lowest BCUT2D eigenvalue weighted by molar-refractivity contribution is 0.171. The maximum atomic E-state index is 5.55. The monoisotopic (exact) mass is 259 g/mol. The summed E-state index contributed by atoms with van der Waals surface area (Å²) < 4.78 is 16.3. The maximum absolute atomic E-state index is 5.55. The third-order valence-electron chi connectivity index (χ3n) is 3.05. The SMILES string of the molecule is c1coc(CCCNc2ccc3c(c2)OCCO3)c1. The van der Waals surface area contributed by atoms with Gasteiger partial charge in [-0.05, 0) is 30.7 Å². The zero-order chi connectivity index (χ0) is 12.9. The lowest BCUT2D eigenvalue weighted by Crippen LogP contribution is -2.15. The Balaban J connectivity index is 1.50. The Morgan fingerprint density at radius 3 is 2.79 bits per heavy atom. The lowest BCUT2D eigenvalue weighted by atomic mass is 10.2. The number of rotatable bonds is 5. The molecule has 0 fully saturated rings. The third kappa shape index (κ3) is 3.02. The standard InChI is InChI=1S/C15H17NO3/c1(3-13-4-2-8-17-13)7-16-12-5-6-14-15(11-12)19-10-9-18-14/h2,4-6,8,11,16H,1,3,7,9-10H2. The van der Waals surface area contributed by atoms with Gasteiger partial charge in [-0.3, -0.25) is 0 Å². The number of benzene rings is 1. The van der Waals surface area contributed by atoms with E-state index in [4.69, 9.17) is 13.9 Å². The maximum Gasteiger partial charge on any atom is 0.163 e. The van der Waals surface area contributed by atoms with Crippen LogP contribution >= 0.6 is 0 Å². The van der Waals surface area contributed by atoms with E-state index >= 15 is 0 Å². The number of nitrogens with one attached hydrogen (secondary N) is 1. The van der Waals surface area contributed by atoms with Gasteiger partial charge in [0.15, 0.2) is 11.5 Å². The second-order valence-corrected chi connectivity index (χ2v) is 4.47. The summed E-state index contributed by atoms with van der Waals surface area (Å²) in [5.74, 6) is 2.68. The van der Waals surface area contributed by atoms with E-state index in [1.807, 2.05) is 30.3 Å². The van der Waals surface area contributed by atoms with E-state index in [2.05, 4.69) is 5.32 Å². The van der Waals surface area contributed by atoms with Crippen molar-refractivity contribution in [2.75, 3.05) is 25.1 Å². The first-order valence-corrected chi connectivity index (χ1v) is 6.58. The van der Waals surface area contributed by atoms with Crippen LogP contribution in [0.25, 0.3) is 0 Å². The molecular weight excluding hydrogens is 242 g/mol. The summed E-state index contributed by atoms with van der Waals surface area (Å²) in [4.78, 5) is 0. The minimum Gasteiger partial charge on any atom is -0.486 e. The Hall–Kier alpha value is -2.10. The van der Waals surface area contributed by atoms with Gasteiger partial charge < -0.3 is 19.2 Å². The van der Waals surface area contributed by atoms with E-state index in [9.17, 15) is 0 Å². The van der Waals surface area contributed by atoms with Crippen LogP contribution in [0.1, 0.15) is 12.2 Å². The number of aryl methyl sites for hydroxylation is 1. The second kappa shape index (κ2) is 5.69. The van der Waals surface area contributed by atoms with Crippen molar-refractivity contribution >= 4 is 5.69 Å². The smallest absolute Gasteiger partial charge is 0.163 e. The number of hydrogen-bond donors (Lipinski definition) is 1. The number of anilines is 1. The molecule has 1 aliphatic rings. The molecule has 1 N–H and O–H groups in total. The van der Waals surface area contributed by atoms with E-state index in [1.54, 1.807) is 6.26 Å². The molecule has 0 amide bonds. The molecule has 2 aromatic rings. The first kappa shape index (κ1) is 12.0. The van der Waals surface area contributed by atoms with Gasteiger partial charge in [-0.15, -0.1) is 0 Å². The van der Waals surface area contributed by atoms with Crippen molar-refractivity contribution in [3.05, 3.63) is 42.4 Å². The molecule has 0 unspecified atom stereocenters. The highest BCUT2D eigenvalue weighted by molar-refractivity contribution is 5.55. The minimum absolute atomic E-state index is 0.620. The van der Waals surface area contributed by atoms with Gasteiger partial charge in [0.1, 0.15) is 19.0 Å². The Morgan fingerprint density at radius 2 is 1.95 bits per heavy atom. The molecule has 19 heavy (non-hydrogen) atoms. The molecule has 1 aromatic carbocycles. The molecule has 2 heterocycles. The van der Waals surface area contributed by atoms with Crippen LogP contribution in [-0.2, 0) is 6.42 Å². The van der Waals surface area contributed by atoms with E-state index in [0.29, 0.717) is 13.2 Å². The van der Waals surface area contributed by atoms with Gasteiger partial charge in [0.25, 0.3) is 0 Å². The molecule has 4 heteroatoms. The third-order valence-corrected chi connectivity index (χ3v) is 3.05. The van der Waals surface area contributed by atoms with Crippen LogP contribution < -0.4 is 14.8 Å². The van der Waals surface area contributed by atoms with Crippen LogP contribution in [0.15, 0.2) is 41.0 Å². The van der Waals surface area contributed by atoms with Crippen molar-refractivity contribution in [1.82, 2.24) is 0 Å². The Morgan fingerprint density at radius 1 is 1.05 bits per heavy atom. The van der Waals surface area contributed by atoms with Crippen LogP contribution in [0.5, 0.6) is 11.5 Å². The van der Waals surface area contributed by atoms with Crippen molar-refractivity contribution in [1.29, 1.82) is 0 Å². The number of hydrogen-bond acceptors (Lipinski definition) is 4. The predicted molar refractivity (Wildman–Crippen MR) is 73.0 cm³/mol. The minimum atomic E-state index is 0.620. The first-order chi connectivity index (χ1) is 9.42. The van der Waals surface area contributed by atoms with Gasteiger partial charge >= 0.3 is 0 Å². The van der Waals surface area contributed by atoms with Crippen molar-refractivity contribution in [3.8, 4) is 11.5 Å². The molecule has 100 valence electrons. The fraction of sp³-hybridized carbons (Fsp3) is 0.333. The quantitative estimate of drug-likeness (QED) is 0.838. The Bertz CT molecular complexity index is 522. The zero-order valence-electron chi connectivity index (χ0n) is 10.7. The van der Waals surface area contributed by atoms with Crippen LogP contribution in [0.4, 0.5) is 5.69 Å². The highest BCUT2D eigenvalue weighted by atomic mass is 16.6. The molecule has 0 saturated carbocycles. The van der Waals surface area contributed by atoms with Crippen molar-refractivity contribution in [3.63, 3.8) is 0 Å². The zero-order valence-corrected chi connectivity index (χ0v) is 10.7. The van der Waals surface area contributed by atoms with Gasteiger partial charge in [0.2, 0.25) is 0 Å². The highest BCUT2D eigenvalue weighted by Gasteiger charge is 2.11. The molecule has 3 rings (SSSR count). The van der Waals surface area contributed by atoms with Crippen LogP contribution in [0, 0.1) is 0 Å². The summed E-state index contributed by atoms with van der Waals surface area (Å²) in [6.07, 6.45) is 3.69. The molecule has 0 radical (unpaired) electrons. The van der Waals surface area contributed by atoms with Crippen molar-refractivity contribution in [2.45, 2.75) is 12.8 Å². The van der Waals surface area contributed by atoms with Crippen molar-refractivity contribution < 1.29 is 13.9 Å². The average Bonchev–Trinajstić information content (AvgIpc) is 2.97. The number of furan rings is 1. The average molecular weight is 259 g/mol. The largest absolute Gasteiger partial charge is 0.486 e. The lowest BCUT2D eigenvalue weighted by Gasteiger charge is -2.19. The van der Waals surface area contributed by atoms with Gasteiger partial charge in [0.05, 0.1) is 6.26 Å². The molecule has 4 nitrogen and oxygen atoms in total. The summed E-state index contributed by atoms with van der Waals surface area (Å²) in [5, 5.41) is 3.38. The molecule has 0 aliphatic carbocycles. The van der Waals surface area contributed by atoms with Crippen LogP contribution in [0.2, 0.25) is 0 Å². The van der Waals surface area contributed by atoms with Gasteiger partial charge in [-0.1, -0.05) is 0 Å². The first-order valence-electron chi connectivity index (χ1n) is 6.58. The van der Waals surface area contributed by atoms with Gasteiger partial charge in [0, 0.05) is 24.7 Å². The van der Waals surface area contributed by atoms with E-state index in [0.717, 1.165) is 42.3 Å². The van der Waals surface area contributed by atoms with Crippen molar-refractivity contribution in [2.24, 2.45) is 0 Å². The summed E-state index contributed by atoms with van der Waals surface area (Å²) in [6.45, 7) is 2.15. The number of fused-ring (bicyclic) bond motifs is 1. The molecule has 0 atom stereocenters. The van der Waals surface area contributed by atoms with E-state index in [-0.39, 0.29) is 0 Å². The van der Waals surface area contributed by atoms with E-state index < -0.39 is 0 Å². The van der Waals surface area contributed by atoms with Gasteiger partial charge in [-0.2, -0.15) is 0 Å².